The second kappa shape index (κ2) is 10.8. The van der Waals surface area contributed by atoms with Crippen molar-refractivity contribution in [2.24, 2.45) is 16.5 Å². The number of methoxy groups -OCH3 is 1. The Morgan fingerprint density at radius 2 is 2.10 bits per heavy atom. The molecule has 0 bridgehead atoms. The van der Waals surface area contributed by atoms with Crippen molar-refractivity contribution in [3.05, 3.63) is 29.8 Å². The van der Waals surface area contributed by atoms with E-state index in [0.29, 0.717) is 11.6 Å². The Balaban J connectivity index is 0. The molecule has 5 nitrogen and oxygen atoms in total. The number of hydrogen-bond donors (Lipinski definition) is 2. The van der Waals surface area contributed by atoms with E-state index in [-0.39, 0.29) is 24.8 Å². The summed E-state index contributed by atoms with van der Waals surface area (Å²) in [5.41, 5.74) is 13.0. The standard InChI is InChI=1S/C12H17N3O2S.2ClH/c1-17-11(16)10(13)7-8-4-3-5-9(6-8)15-12(14)18-2;;/h3-6,10H,7,13H2,1-2H3,(H2,14,15);2*1H. The molecule has 0 aliphatic heterocycles. The Kier molecular flexibility index (Phi) is 11.5. The van der Waals surface area contributed by atoms with Crippen molar-refractivity contribution in [2.45, 2.75) is 12.5 Å². The summed E-state index contributed by atoms with van der Waals surface area (Å²) in [6.45, 7) is 0. The highest BCUT2D eigenvalue weighted by Gasteiger charge is 2.14. The predicted octanol–water partition coefficient (Wildman–Crippen LogP) is 1.88. The number of esters is 1. The molecule has 0 aliphatic rings. The van der Waals surface area contributed by atoms with Crippen LogP contribution in [0.25, 0.3) is 0 Å². The zero-order chi connectivity index (χ0) is 13.5. The van der Waals surface area contributed by atoms with Crippen molar-refractivity contribution in [3.63, 3.8) is 0 Å². The summed E-state index contributed by atoms with van der Waals surface area (Å²) in [6, 6.07) is 6.78. The number of amidine groups is 1. The molecule has 0 aliphatic carbocycles. The lowest BCUT2D eigenvalue weighted by atomic mass is 10.1. The molecule has 0 heterocycles. The molecule has 0 amide bonds. The first-order chi connectivity index (χ1) is 8.56. The van der Waals surface area contributed by atoms with E-state index < -0.39 is 12.0 Å². The van der Waals surface area contributed by atoms with E-state index >= 15 is 0 Å². The van der Waals surface area contributed by atoms with Crippen LogP contribution in [0.3, 0.4) is 0 Å². The van der Waals surface area contributed by atoms with Crippen molar-refractivity contribution >= 4 is 53.4 Å². The number of ether oxygens (including phenoxy) is 1. The molecule has 0 radical (unpaired) electrons. The van der Waals surface area contributed by atoms with Crippen LogP contribution in [0.15, 0.2) is 29.3 Å². The molecule has 4 N–H and O–H groups in total. The lowest BCUT2D eigenvalue weighted by Gasteiger charge is -2.09. The molecule has 20 heavy (non-hydrogen) atoms. The van der Waals surface area contributed by atoms with Crippen molar-refractivity contribution < 1.29 is 9.53 Å². The maximum atomic E-state index is 11.2. The SMILES string of the molecule is COC(=O)C(N)Cc1cccc(N=C(N)SC)c1.Cl.Cl. The van der Waals surface area contributed by atoms with E-state index in [2.05, 4.69) is 9.73 Å². The normalized spacial score (nSPS) is 11.8. The highest BCUT2D eigenvalue weighted by Crippen LogP contribution is 2.16. The highest BCUT2D eigenvalue weighted by molar-refractivity contribution is 8.13. The third-order valence-corrected chi connectivity index (χ3v) is 2.83. The minimum atomic E-state index is -0.660. The quantitative estimate of drug-likeness (QED) is 0.496. The number of carbonyl (C=O) groups excluding carboxylic acids is 1. The number of aliphatic imine (C=N–C) groups is 1. The number of carbonyl (C=O) groups is 1. The van der Waals surface area contributed by atoms with Gasteiger partial charge in [-0.25, -0.2) is 4.99 Å². The van der Waals surface area contributed by atoms with Crippen LogP contribution < -0.4 is 11.5 Å². The number of nitrogens with zero attached hydrogens (tertiary/aromatic N) is 1. The van der Waals surface area contributed by atoms with Gasteiger partial charge in [0.25, 0.3) is 0 Å². The number of thioether (sulfide) groups is 1. The maximum absolute atomic E-state index is 11.2. The van der Waals surface area contributed by atoms with Gasteiger partial charge in [0.15, 0.2) is 5.17 Å². The van der Waals surface area contributed by atoms with Gasteiger partial charge < -0.3 is 16.2 Å². The van der Waals surface area contributed by atoms with Crippen molar-refractivity contribution in [1.82, 2.24) is 0 Å². The topological polar surface area (TPSA) is 90.7 Å². The molecule has 1 unspecified atom stereocenters. The lowest BCUT2D eigenvalue weighted by molar-refractivity contribution is -0.142. The third-order valence-electron chi connectivity index (χ3n) is 2.32. The Bertz CT molecular complexity index is 458. The van der Waals surface area contributed by atoms with E-state index in [1.807, 2.05) is 30.5 Å². The first-order valence-corrected chi connectivity index (χ1v) is 6.59. The molecule has 8 heteroatoms. The van der Waals surface area contributed by atoms with Gasteiger partial charge in [0, 0.05) is 0 Å². The number of benzene rings is 1. The molecule has 0 saturated carbocycles. The van der Waals surface area contributed by atoms with Crippen LogP contribution >= 0.6 is 36.6 Å². The summed E-state index contributed by atoms with van der Waals surface area (Å²) in [7, 11) is 1.32. The molecule has 0 fully saturated rings. The molecule has 1 aromatic rings. The van der Waals surface area contributed by atoms with Crippen LogP contribution in [-0.2, 0) is 16.0 Å². The van der Waals surface area contributed by atoms with Gasteiger partial charge in [0.1, 0.15) is 6.04 Å². The third kappa shape index (κ3) is 7.00. The van der Waals surface area contributed by atoms with E-state index in [1.165, 1.54) is 18.9 Å². The first-order valence-electron chi connectivity index (χ1n) is 5.37. The average molecular weight is 340 g/mol. The summed E-state index contributed by atoms with van der Waals surface area (Å²) in [5.74, 6) is -0.424. The number of rotatable bonds is 4. The number of hydrogen-bond acceptors (Lipinski definition) is 5. The number of nitrogens with two attached hydrogens (primary N) is 2. The Labute approximate surface area is 135 Å². The summed E-state index contributed by atoms with van der Waals surface area (Å²) in [6.07, 6.45) is 2.27. The fourth-order valence-corrected chi connectivity index (χ4v) is 1.61. The van der Waals surface area contributed by atoms with E-state index in [1.54, 1.807) is 0 Å². The summed E-state index contributed by atoms with van der Waals surface area (Å²) < 4.78 is 4.58. The van der Waals surface area contributed by atoms with Gasteiger partial charge in [0.2, 0.25) is 0 Å². The number of halogens is 2. The van der Waals surface area contributed by atoms with Crippen molar-refractivity contribution in [2.75, 3.05) is 13.4 Å². The monoisotopic (exact) mass is 339 g/mol. The van der Waals surface area contributed by atoms with Crippen LogP contribution in [0.2, 0.25) is 0 Å². The Morgan fingerprint density at radius 3 is 2.65 bits per heavy atom. The Hall–Kier alpha value is -0.950. The summed E-state index contributed by atoms with van der Waals surface area (Å²) >= 11 is 1.38. The zero-order valence-corrected chi connectivity index (χ0v) is 13.7. The average Bonchev–Trinajstić information content (AvgIpc) is 2.37. The molecule has 114 valence electrons. The molecule has 1 atom stereocenters. The van der Waals surface area contributed by atoms with Crippen LogP contribution in [-0.4, -0.2) is 30.5 Å². The molecule has 1 aromatic carbocycles. The summed E-state index contributed by atoms with van der Waals surface area (Å²) in [4.78, 5) is 15.4. The minimum absolute atomic E-state index is 0. The van der Waals surface area contributed by atoms with Crippen molar-refractivity contribution in [3.8, 4) is 0 Å². The molecule has 0 spiro atoms. The van der Waals surface area contributed by atoms with Crippen LogP contribution in [0, 0.1) is 0 Å². The van der Waals surface area contributed by atoms with E-state index in [4.69, 9.17) is 11.5 Å². The van der Waals surface area contributed by atoms with Gasteiger partial charge in [-0.1, -0.05) is 23.9 Å². The van der Waals surface area contributed by atoms with E-state index in [0.717, 1.165) is 11.3 Å². The fraction of sp³-hybridized carbons (Fsp3) is 0.333. The molecular formula is C12H19Cl2N3O2S. The largest absolute Gasteiger partial charge is 0.468 e. The van der Waals surface area contributed by atoms with Gasteiger partial charge in [-0.3, -0.25) is 4.79 Å². The smallest absolute Gasteiger partial charge is 0.322 e. The van der Waals surface area contributed by atoms with Crippen LogP contribution in [0.5, 0.6) is 0 Å². The molecule has 0 saturated heterocycles. The van der Waals surface area contributed by atoms with Gasteiger partial charge in [-0.2, -0.15) is 0 Å². The predicted molar refractivity (Wildman–Crippen MR) is 89.4 cm³/mol. The highest BCUT2D eigenvalue weighted by atomic mass is 35.5. The minimum Gasteiger partial charge on any atom is -0.468 e. The second-order valence-corrected chi connectivity index (χ2v) is 4.48. The molecule has 0 aromatic heterocycles. The molecular weight excluding hydrogens is 321 g/mol. The molecule has 1 rings (SSSR count). The Morgan fingerprint density at radius 1 is 1.45 bits per heavy atom. The fourth-order valence-electron chi connectivity index (χ4n) is 1.41. The lowest BCUT2D eigenvalue weighted by Crippen LogP contribution is -2.33. The van der Waals surface area contributed by atoms with Crippen LogP contribution in [0.4, 0.5) is 5.69 Å². The van der Waals surface area contributed by atoms with Gasteiger partial charge in [-0.15, -0.1) is 24.8 Å². The van der Waals surface area contributed by atoms with Crippen LogP contribution in [0.1, 0.15) is 5.56 Å². The van der Waals surface area contributed by atoms with E-state index in [9.17, 15) is 4.79 Å². The van der Waals surface area contributed by atoms with Gasteiger partial charge in [0.05, 0.1) is 12.8 Å². The first kappa shape index (κ1) is 21.4. The van der Waals surface area contributed by atoms with Gasteiger partial charge in [-0.05, 0) is 30.4 Å². The van der Waals surface area contributed by atoms with Gasteiger partial charge >= 0.3 is 5.97 Å². The maximum Gasteiger partial charge on any atom is 0.322 e. The summed E-state index contributed by atoms with van der Waals surface area (Å²) in [5, 5.41) is 0.490. The van der Waals surface area contributed by atoms with Crippen molar-refractivity contribution in [1.29, 1.82) is 0 Å². The zero-order valence-electron chi connectivity index (χ0n) is 11.2. The second-order valence-electron chi connectivity index (χ2n) is 3.66.